The summed E-state index contributed by atoms with van der Waals surface area (Å²) in [4.78, 5) is 11.3. The van der Waals surface area contributed by atoms with Crippen LogP contribution in [0.2, 0.25) is 0 Å². The minimum Gasteiger partial charge on any atom is -0.349 e. The van der Waals surface area contributed by atoms with E-state index >= 15 is 0 Å². The summed E-state index contributed by atoms with van der Waals surface area (Å²) in [5.74, 6) is 3.65. The summed E-state index contributed by atoms with van der Waals surface area (Å²) in [6.45, 7) is 4.88. The maximum absolute atomic E-state index is 11.3. The fourth-order valence-corrected chi connectivity index (χ4v) is 4.19. The second kappa shape index (κ2) is 2.70. The molecule has 0 aromatic carbocycles. The van der Waals surface area contributed by atoms with Gasteiger partial charge in [-0.25, -0.2) is 0 Å². The lowest BCUT2D eigenvalue weighted by atomic mass is 9.71. The number of carbonyl (C=O) groups is 1. The highest BCUT2D eigenvalue weighted by molar-refractivity contribution is 5.88. The van der Waals surface area contributed by atoms with Crippen LogP contribution in [0.25, 0.3) is 0 Å². The lowest BCUT2D eigenvalue weighted by Gasteiger charge is -2.33. The maximum atomic E-state index is 11.3. The van der Waals surface area contributed by atoms with Crippen LogP contribution in [0.5, 0.6) is 0 Å². The summed E-state index contributed by atoms with van der Waals surface area (Å²) in [7, 11) is 0. The van der Waals surface area contributed by atoms with Crippen molar-refractivity contribution in [1.29, 1.82) is 0 Å². The quantitative estimate of drug-likeness (QED) is 0.676. The molecule has 3 nitrogen and oxygen atoms in total. The zero-order valence-corrected chi connectivity index (χ0v) is 9.81. The molecule has 6 unspecified atom stereocenters. The van der Waals surface area contributed by atoms with Crippen LogP contribution in [0.1, 0.15) is 26.7 Å². The van der Waals surface area contributed by atoms with Gasteiger partial charge in [-0.2, -0.15) is 0 Å². The number of hydrogen-bond donors (Lipinski definition) is 0. The van der Waals surface area contributed by atoms with Gasteiger partial charge in [0.1, 0.15) is 5.78 Å². The molecule has 3 saturated carbocycles. The van der Waals surface area contributed by atoms with Crippen LogP contribution in [-0.4, -0.2) is 24.3 Å². The molecule has 0 radical (unpaired) electrons. The first-order valence-electron chi connectivity index (χ1n) is 6.39. The van der Waals surface area contributed by atoms with E-state index in [1.807, 2.05) is 0 Å². The van der Waals surface area contributed by atoms with Crippen molar-refractivity contribution in [2.24, 2.45) is 29.6 Å². The fourth-order valence-electron chi connectivity index (χ4n) is 4.19. The van der Waals surface area contributed by atoms with E-state index in [-0.39, 0.29) is 11.9 Å². The molecule has 16 heavy (non-hydrogen) atoms. The van der Waals surface area contributed by atoms with E-state index in [1.165, 1.54) is 0 Å². The minimum atomic E-state index is -0.115. The number of rotatable bonds is 1. The van der Waals surface area contributed by atoms with Crippen molar-refractivity contribution in [3.63, 3.8) is 0 Å². The largest absolute Gasteiger partial charge is 0.349 e. The molecule has 0 amide bonds. The Hall–Kier alpha value is -0.410. The van der Waals surface area contributed by atoms with Crippen molar-refractivity contribution in [2.75, 3.05) is 6.61 Å². The molecule has 0 bridgehead atoms. The van der Waals surface area contributed by atoms with Crippen LogP contribution in [-0.2, 0) is 14.3 Å². The first kappa shape index (κ1) is 9.60. The van der Waals surface area contributed by atoms with E-state index in [0.717, 1.165) is 24.7 Å². The Labute approximate surface area is 95.5 Å². The van der Waals surface area contributed by atoms with Gasteiger partial charge in [-0.15, -0.1) is 0 Å². The monoisotopic (exact) mass is 222 g/mol. The Kier molecular flexibility index (Phi) is 1.62. The number of ketones is 1. The Morgan fingerprint density at radius 1 is 1.25 bits per heavy atom. The summed E-state index contributed by atoms with van der Waals surface area (Å²) in [6, 6.07) is 0. The van der Waals surface area contributed by atoms with Crippen LogP contribution < -0.4 is 0 Å². The van der Waals surface area contributed by atoms with Crippen LogP contribution in [0, 0.1) is 29.6 Å². The standard InChI is InChI=1S/C13H18O3/c1-13(2)5-15-12(16-13)11-8-3-6-7(10(8)11)4-9(6)14/h6-8,10-12H,3-5H2,1-2H3. The van der Waals surface area contributed by atoms with Gasteiger partial charge in [-0.05, 0) is 38.0 Å². The molecule has 0 aromatic heterocycles. The molecule has 1 heterocycles. The first-order chi connectivity index (χ1) is 7.57. The van der Waals surface area contributed by atoms with Crippen molar-refractivity contribution >= 4 is 5.78 Å². The Morgan fingerprint density at radius 3 is 2.62 bits per heavy atom. The van der Waals surface area contributed by atoms with Crippen molar-refractivity contribution in [2.45, 2.75) is 38.6 Å². The predicted octanol–water partition coefficient (Wildman–Crippen LogP) is 1.61. The topological polar surface area (TPSA) is 35.5 Å². The average molecular weight is 222 g/mol. The van der Waals surface area contributed by atoms with E-state index in [0.29, 0.717) is 30.1 Å². The summed E-state index contributed by atoms with van der Waals surface area (Å²) >= 11 is 0. The van der Waals surface area contributed by atoms with Gasteiger partial charge in [0.2, 0.25) is 0 Å². The third kappa shape index (κ3) is 1.08. The summed E-state index contributed by atoms with van der Waals surface area (Å²) < 4.78 is 11.7. The zero-order valence-electron chi connectivity index (χ0n) is 9.81. The van der Waals surface area contributed by atoms with Gasteiger partial charge in [-0.3, -0.25) is 4.79 Å². The molecule has 88 valence electrons. The van der Waals surface area contributed by atoms with E-state index < -0.39 is 0 Å². The van der Waals surface area contributed by atoms with Gasteiger partial charge >= 0.3 is 0 Å². The van der Waals surface area contributed by atoms with Crippen molar-refractivity contribution in [1.82, 2.24) is 0 Å². The number of fused-ring (bicyclic) bond motifs is 3. The van der Waals surface area contributed by atoms with E-state index in [1.54, 1.807) is 0 Å². The number of ether oxygens (including phenoxy) is 2. The molecule has 3 heteroatoms. The minimum absolute atomic E-state index is 0.0154. The van der Waals surface area contributed by atoms with E-state index in [4.69, 9.17) is 9.47 Å². The van der Waals surface area contributed by atoms with E-state index in [2.05, 4.69) is 13.8 Å². The van der Waals surface area contributed by atoms with Crippen molar-refractivity contribution in [3.05, 3.63) is 0 Å². The molecule has 6 atom stereocenters. The first-order valence-corrected chi connectivity index (χ1v) is 6.39. The Morgan fingerprint density at radius 2 is 2.06 bits per heavy atom. The second-order valence-corrected chi connectivity index (χ2v) is 6.55. The predicted molar refractivity (Wildman–Crippen MR) is 56.6 cm³/mol. The molecule has 4 rings (SSSR count). The smallest absolute Gasteiger partial charge is 0.161 e. The number of carbonyl (C=O) groups excluding carboxylic acids is 1. The summed E-state index contributed by atoms with van der Waals surface area (Å²) in [5.41, 5.74) is -0.115. The highest BCUT2D eigenvalue weighted by atomic mass is 16.7. The highest BCUT2D eigenvalue weighted by Crippen LogP contribution is 2.69. The van der Waals surface area contributed by atoms with Crippen LogP contribution in [0.4, 0.5) is 0 Å². The summed E-state index contributed by atoms with van der Waals surface area (Å²) in [5, 5.41) is 0. The molecule has 1 saturated heterocycles. The van der Waals surface area contributed by atoms with Crippen LogP contribution in [0.15, 0.2) is 0 Å². The SMILES string of the molecule is CC1(C)COC(C2C3CC4C(=O)CC4C32)O1. The van der Waals surface area contributed by atoms with Gasteiger partial charge in [0.05, 0.1) is 12.2 Å². The van der Waals surface area contributed by atoms with Gasteiger partial charge in [-0.1, -0.05) is 0 Å². The molecule has 0 spiro atoms. The number of Topliss-reactive ketones (excluding diaryl/α,β-unsaturated/α-hetero) is 1. The molecular formula is C13H18O3. The second-order valence-electron chi connectivity index (χ2n) is 6.55. The third-order valence-corrected chi connectivity index (χ3v) is 5.02. The van der Waals surface area contributed by atoms with Gasteiger partial charge in [0.25, 0.3) is 0 Å². The molecule has 4 aliphatic rings. The van der Waals surface area contributed by atoms with Crippen LogP contribution in [0.3, 0.4) is 0 Å². The lowest BCUT2D eigenvalue weighted by Crippen LogP contribution is -2.37. The summed E-state index contributed by atoms with van der Waals surface area (Å²) in [6.07, 6.45) is 1.96. The number of hydrogen-bond acceptors (Lipinski definition) is 3. The molecule has 3 aliphatic carbocycles. The normalized spacial score (nSPS) is 56.8. The van der Waals surface area contributed by atoms with Gasteiger partial charge < -0.3 is 9.47 Å². The average Bonchev–Trinajstić information content (AvgIpc) is 2.66. The lowest BCUT2D eigenvalue weighted by molar-refractivity contribution is -0.137. The van der Waals surface area contributed by atoms with Crippen molar-refractivity contribution < 1.29 is 14.3 Å². The van der Waals surface area contributed by atoms with E-state index in [9.17, 15) is 4.79 Å². The molecule has 0 aromatic rings. The van der Waals surface area contributed by atoms with Gasteiger partial charge in [0.15, 0.2) is 6.29 Å². The third-order valence-electron chi connectivity index (χ3n) is 5.02. The Balaban J connectivity index is 1.45. The molecule has 0 N–H and O–H groups in total. The maximum Gasteiger partial charge on any atom is 0.161 e. The highest BCUT2D eigenvalue weighted by Gasteiger charge is 2.70. The molecular weight excluding hydrogens is 204 g/mol. The van der Waals surface area contributed by atoms with Crippen LogP contribution >= 0.6 is 0 Å². The molecule has 1 aliphatic heterocycles. The van der Waals surface area contributed by atoms with Gasteiger partial charge in [0, 0.05) is 18.3 Å². The molecule has 4 fully saturated rings. The fraction of sp³-hybridized carbons (Fsp3) is 0.923. The Bertz CT molecular complexity index is 362. The van der Waals surface area contributed by atoms with Crippen molar-refractivity contribution in [3.8, 4) is 0 Å². The zero-order chi connectivity index (χ0) is 11.1.